The minimum atomic E-state index is -0.214. The zero-order valence-corrected chi connectivity index (χ0v) is 13.4. The van der Waals surface area contributed by atoms with E-state index in [0.717, 1.165) is 18.5 Å². The van der Waals surface area contributed by atoms with Crippen LogP contribution in [0.1, 0.15) is 29.7 Å². The fraction of sp³-hybridized carbons (Fsp3) is 0.294. The zero-order valence-electron chi connectivity index (χ0n) is 11.8. The predicted octanol–water partition coefficient (Wildman–Crippen LogP) is 4.79. The van der Waals surface area contributed by atoms with Gasteiger partial charge in [0.2, 0.25) is 0 Å². The van der Waals surface area contributed by atoms with Crippen molar-refractivity contribution in [1.82, 2.24) is 5.32 Å². The molecule has 106 valence electrons. The number of benzene rings is 2. The van der Waals surface area contributed by atoms with Gasteiger partial charge in [-0.1, -0.05) is 48.9 Å². The highest BCUT2D eigenvalue weighted by Crippen LogP contribution is 2.28. The molecule has 0 aliphatic heterocycles. The molecule has 2 rings (SSSR count). The minimum absolute atomic E-state index is 0.104. The second-order valence-electron chi connectivity index (χ2n) is 4.94. The van der Waals surface area contributed by atoms with Crippen LogP contribution in [0, 0.1) is 12.7 Å². The summed E-state index contributed by atoms with van der Waals surface area (Å²) < 4.78 is 14.3. The third kappa shape index (κ3) is 3.68. The number of hydrogen-bond acceptors (Lipinski definition) is 1. The number of likely N-dealkylation sites (N-methyl/N-ethyl adjacent to an activating group) is 1. The van der Waals surface area contributed by atoms with Crippen molar-refractivity contribution in [2.75, 3.05) is 6.54 Å². The molecule has 1 nitrogen and oxygen atoms in total. The molecule has 1 N–H and O–H groups in total. The first-order valence-corrected chi connectivity index (χ1v) is 7.64. The van der Waals surface area contributed by atoms with Crippen molar-refractivity contribution in [2.45, 2.75) is 26.3 Å². The Hall–Kier alpha value is -1.19. The summed E-state index contributed by atoms with van der Waals surface area (Å²) in [7, 11) is 0. The lowest BCUT2D eigenvalue weighted by atomic mass is 9.98. The Kier molecular flexibility index (Phi) is 5.32. The van der Waals surface area contributed by atoms with E-state index in [1.165, 1.54) is 17.2 Å². The van der Waals surface area contributed by atoms with Gasteiger partial charge in [0.15, 0.2) is 0 Å². The molecule has 3 heteroatoms. The zero-order chi connectivity index (χ0) is 14.5. The number of rotatable bonds is 5. The molecule has 0 spiro atoms. The molecule has 0 saturated heterocycles. The van der Waals surface area contributed by atoms with Crippen LogP contribution in [-0.4, -0.2) is 6.54 Å². The molecule has 0 saturated carbocycles. The molecule has 2 aromatic rings. The Bertz CT molecular complexity index is 566. The van der Waals surface area contributed by atoms with Gasteiger partial charge in [-0.25, -0.2) is 4.39 Å². The van der Waals surface area contributed by atoms with Crippen LogP contribution >= 0.6 is 15.9 Å². The number of nitrogens with one attached hydrogen (secondary N) is 1. The van der Waals surface area contributed by atoms with Gasteiger partial charge in [0.25, 0.3) is 0 Å². The molecule has 1 unspecified atom stereocenters. The Morgan fingerprint density at radius 1 is 1.15 bits per heavy atom. The molecule has 0 aromatic heterocycles. The van der Waals surface area contributed by atoms with E-state index < -0.39 is 0 Å². The van der Waals surface area contributed by atoms with E-state index in [2.05, 4.69) is 59.4 Å². The molecule has 0 amide bonds. The van der Waals surface area contributed by atoms with E-state index in [4.69, 9.17) is 0 Å². The van der Waals surface area contributed by atoms with Crippen LogP contribution in [0.5, 0.6) is 0 Å². The molecule has 20 heavy (non-hydrogen) atoms. The first-order chi connectivity index (χ1) is 9.61. The SMILES string of the molecule is CCNC(Cc1ccc(C)cc1)c1cccc(F)c1Br. The van der Waals surface area contributed by atoms with E-state index >= 15 is 0 Å². The fourth-order valence-electron chi connectivity index (χ4n) is 2.29. The van der Waals surface area contributed by atoms with Gasteiger partial charge in [0.1, 0.15) is 5.82 Å². The fourth-order valence-corrected chi connectivity index (χ4v) is 2.83. The van der Waals surface area contributed by atoms with Gasteiger partial charge in [-0.2, -0.15) is 0 Å². The maximum atomic E-state index is 13.7. The summed E-state index contributed by atoms with van der Waals surface area (Å²) >= 11 is 3.36. The summed E-state index contributed by atoms with van der Waals surface area (Å²) in [5.74, 6) is -0.214. The van der Waals surface area contributed by atoms with E-state index in [1.807, 2.05) is 6.07 Å². The second kappa shape index (κ2) is 7.00. The Balaban J connectivity index is 2.26. The van der Waals surface area contributed by atoms with Gasteiger partial charge in [-0.05, 0) is 53.0 Å². The maximum Gasteiger partial charge on any atom is 0.137 e. The average molecular weight is 336 g/mol. The summed E-state index contributed by atoms with van der Waals surface area (Å²) in [6.45, 7) is 4.99. The Morgan fingerprint density at radius 2 is 1.85 bits per heavy atom. The van der Waals surface area contributed by atoms with Crippen LogP contribution in [0.15, 0.2) is 46.9 Å². The maximum absolute atomic E-state index is 13.7. The van der Waals surface area contributed by atoms with Crippen molar-refractivity contribution in [3.63, 3.8) is 0 Å². The Morgan fingerprint density at radius 3 is 2.50 bits per heavy atom. The highest BCUT2D eigenvalue weighted by Gasteiger charge is 2.16. The topological polar surface area (TPSA) is 12.0 Å². The summed E-state index contributed by atoms with van der Waals surface area (Å²) in [5.41, 5.74) is 3.46. The van der Waals surface area contributed by atoms with Crippen LogP contribution in [0.3, 0.4) is 0 Å². The summed E-state index contributed by atoms with van der Waals surface area (Å²) in [5, 5.41) is 3.43. The van der Waals surface area contributed by atoms with Gasteiger partial charge in [0, 0.05) is 6.04 Å². The molecule has 0 fully saturated rings. The van der Waals surface area contributed by atoms with Crippen LogP contribution in [-0.2, 0) is 6.42 Å². The third-order valence-corrected chi connectivity index (χ3v) is 4.20. The average Bonchev–Trinajstić information content (AvgIpc) is 2.44. The second-order valence-corrected chi connectivity index (χ2v) is 5.74. The monoisotopic (exact) mass is 335 g/mol. The lowest BCUT2D eigenvalue weighted by Crippen LogP contribution is -2.23. The molecular weight excluding hydrogens is 317 g/mol. The van der Waals surface area contributed by atoms with Crippen molar-refractivity contribution in [2.24, 2.45) is 0 Å². The summed E-state index contributed by atoms with van der Waals surface area (Å²) in [6, 6.07) is 13.8. The van der Waals surface area contributed by atoms with Crippen LogP contribution in [0.4, 0.5) is 4.39 Å². The van der Waals surface area contributed by atoms with Crippen molar-refractivity contribution in [3.8, 4) is 0 Å². The largest absolute Gasteiger partial charge is 0.310 e. The van der Waals surface area contributed by atoms with Crippen molar-refractivity contribution in [3.05, 3.63) is 69.4 Å². The van der Waals surface area contributed by atoms with Gasteiger partial charge >= 0.3 is 0 Å². The van der Waals surface area contributed by atoms with Crippen LogP contribution < -0.4 is 5.32 Å². The van der Waals surface area contributed by atoms with E-state index in [0.29, 0.717) is 4.47 Å². The van der Waals surface area contributed by atoms with Gasteiger partial charge in [-0.3, -0.25) is 0 Å². The van der Waals surface area contributed by atoms with Crippen LogP contribution in [0.2, 0.25) is 0 Å². The quantitative estimate of drug-likeness (QED) is 0.828. The summed E-state index contributed by atoms with van der Waals surface area (Å²) in [6.07, 6.45) is 0.843. The van der Waals surface area contributed by atoms with Crippen molar-refractivity contribution in [1.29, 1.82) is 0 Å². The van der Waals surface area contributed by atoms with E-state index in [9.17, 15) is 4.39 Å². The summed E-state index contributed by atoms with van der Waals surface area (Å²) in [4.78, 5) is 0. The van der Waals surface area contributed by atoms with Crippen molar-refractivity contribution >= 4 is 15.9 Å². The number of halogens is 2. The van der Waals surface area contributed by atoms with Gasteiger partial charge < -0.3 is 5.32 Å². The normalized spacial score (nSPS) is 12.4. The van der Waals surface area contributed by atoms with E-state index in [-0.39, 0.29) is 11.9 Å². The van der Waals surface area contributed by atoms with Gasteiger partial charge in [0.05, 0.1) is 4.47 Å². The third-order valence-electron chi connectivity index (χ3n) is 3.37. The number of hydrogen-bond donors (Lipinski definition) is 1. The Labute approximate surface area is 128 Å². The molecule has 0 heterocycles. The number of aryl methyl sites for hydroxylation is 1. The first kappa shape index (κ1) is 15.2. The molecule has 0 bridgehead atoms. The molecule has 0 aliphatic rings. The van der Waals surface area contributed by atoms with Crippen molar-refractivity contribution < 1.29 is 4.39 Å². The molecule has 2 aromatic carbocycles. The molecule has 0 radical (unpaired) electrons. The lowest BCUT2D eigenvalue weighted by Gasteiger charge is -2.20. The standard InChI is InChI=1S/C17H19BrFN/c1-3-20-16(11-13-9-7-12(2)8-10-13)14-5-4-6-15(19)17(14)18/h4-10,16,20H,3,11H2,1-2H3. The molecule has 0 aliphatic carbocycles. The highest BCUT2D eigenvalue weighted by molar-refractivity contribution is 9.10. The highest BCUT2D eigenvalue weighted by atomic mass is 79.9. The molecule has 1 atom stereocenters. The first-order valence-electron chi connectivity index (χ1n) is 6.84. The minimum Gasteiger partial charge on any atom is -0.310 e. The molecular formula is C17H19BrFN. The lowest BCUT2D eigenvalue weighted by molar-refractivity contribution is 0.538. The van der Waals surface area contributed by atoms with Gasteiger partial charge in [-0.15, -0.1) is 0 Å². The predicted molar refractivity (Wildman–Crippen MR) is 85.4 cm³/mol. The van der Waals surface area contributed by atoms with Crippen LogP contribution in [0.25, 0.3) is 0 Å². The smallest absolute Gasteiger partial charge is 0.137 e. The van der Waals surface area contributed by atoms with E-state index in [1.54, 1.807) is 6.07 Å².